The van der Waals surface area contributed by atoms with Crippen LogP contribution in [0.3, 0.4) is 0 Å². The first-order valence-corrected chi connectivity index (χ1v) is 10.4. The molecule has 1 aliphatic heterocycles. The molecular formula is C22H25N5O2S. The lowest BCUT2D eigenvalue weighted by Gasteiger charge is -2.17. The number of hydrogen-bond donors (Lipinski definition) is 2. The number of benzene rings is 2. The molecule has 2 N–H and O–H groups in total. The molecule has 1 unspecified atom stereocenters. The van der Waals surface area contributed by atoms with Crippen LogP contribution in [-0.2, 0) is 17.9 Å². The zero-order chi connectivity index (χ0) is 20.9. The number of hydrogen-bond acceptors (Lipinski definition) is 5. The van der Waals surface area contributed by atoms with E-state index in [1.54, 1.807) is 11.7 Å². The van der Waals surface area contributed by atoms with Gasteiger partial charge in [-0.1, -0.05) is 30.3 Å². The molecule has 7 nitrogen and oxygen atoms in total. The Kier molecular flexibility index (Phi) is 6.25. The molecule has 2 heterocycles. The number of carbonyl (C=O) groups excluding carboxylic acids is 1. The summed E-state index contributed by atoms with van der Waals surface area (Å²) in [6, 6.07) is 18.1. The first kappa shape index (κ1) is 20.3. The average molecular weight is 424 g/mol. The average Bonchev–Trinajstić information content (AvgIpc) is 3.35. The summed E-state index contributed by atoms with van der Waals surface area (Å²) in [7, 11) is 1.62. The summed E-state index contributed by atoms with van der Waals surface area (Å²) in [4.78, 5) is 15.1. The second kappa shape index (κ2) is 9.23. The summed E-state index contributed by atoms with van der Waals surface area (Å²) in [5.74, 6) is 1.34. The Morgan fingerprint density at radius 1 is 1.23 bits per heavy atom. The number of ether oxygens (including phenoxy) is 1. The highest BCUT2D eigenvalue weighted by Crippen LogP contribution is 2.21. The van der Waals surface area contributed by atoms with E-state index >= 15 is 0 Å². The van der Waals surface area contributed by atoms with E-state index in [-0.39, 0.29) is 18.5 Å². The fourth-order valence-corrected chi connectivity index (χ4v) is 3.97. The molecular weight excluding hydrogens is 398 g/mol. The summed E-state index contributed by atoms with van der Waals surface area (Å²) in [6.07, 6.45) is 0.945. The van der Waals surface area contributed by atoms with Crippen LogP contribution in [0.4, 0.5) is 0 Å². The van der Waals surface area contributed by atoms with Gasteiger partial charge in [-0.05, 0) is 48.5 Å². The number of nitrogens with zero attached hydrogens (tertiary/aromatic N) is 3. The van der Waals surface area contributed by atoms with E-state index in [9.17, 15) is 4.79 Å². The summed E-state index contributed by atoms with van der Waals surface area (Å²) < 4.78 is 7.35. The molecule has 1 aliphatic rings. The van der Waals surface area contributed by atoms with Gasteiger partial charge < -0.3 is 10.1 Å². The van der Waals surface area contributed by atoms with Crippen molar-refractivity contribution < 1.29 is 9.53 Å². The summed E-state index contributed by atoms with van der Waals surface area (Å²) >= 11 is 5.35. The van der Waals surface area contributed by atoms with Gasteiger partial charge in [0.2, 0.25) is 5.91 Å². The standard InChI is InChI=1S/C22H25N5O2S/c1-29-19-9-7-17(8-10-19)21-24-25-22(30)27(21)15-20(28)23-18-11-12-26(14-18)13-16-5-3-2-4-6-16/h2-10,18H,11-15H2,1H3,(H,23,28)(H,25,30). The van der Waals surface area contributed by atoms with Crippen molar-refractivity contribution in [2.24, 2.45) is 0 Å². The first-order valence-electron chi connectivity index (χ1n) is 9.97. The Labute approximate surface area is 180 Å². The van der Waals surface area contributed by atoms with Crippen LogP contribution in [0.1, 0.15) is 12.0 Å². The van der Waals surface area contributed by atoms with Gasteiger partial charge in [0.25, 0.3) is 0 Å². The van der Waals surface area contributed by atoms with E-state index in [4.69, 9.17) is 17.0 Å². The number of H-pyrrole nitrogens is 1. The van der Waals surface area contributed by atoms with Crippen LogP contribution in [0.25, 0.3) is 11.4 Å². The molecule has 0 saturated carbocycles. The van der Waals surface area contributed by atoms with Gasteiger partial charge in [0.15, 0.2) is 10.6 Å². The predicted octanol–water partition coefficient (Wildman–Crippen LogP) is 3.01. The lowest BCUT2D eigenvalue weighted by atomic mass is 10.2. The maximum atomic E-state index is 12.7. The van der Waals surface area contributed by atoms with Crippen LogP contribution in [-0.4, -0.2) is 51.8 Å². The van der Waals surface area contributed by atoms with Gasteiger partial charge in [-0.25, -0.2) is 0 Å². The molecule has 3 aromatic rings. The number of likely N-dealkylation sites (tertiary alicyclic amines) is 1. The Balaban J connectivity index is 1.36. The van der Waals surface area contributed by atoms with Crippen LogP contribution in [0.2, 0.25) is 0 Å². The lowest BCUT2D eigenvalue weighted by molar-refractivity contribution is -0.122. The van der Waals surface area contributed by atoms with Gasteiger partial charge in [0.05, 0.1) is 7.11 Å². The first-order chi connectivity index (χ1) is 14.6. The Hall–Kier alpha value is -2.97. The Morgan fingerprint density at radius 3 is 2.73 bits per heavy atom. The highest BCUT2D eigenvalue weighted by Gasteiger charge is 2.24. The molecule has 1 amide bonds. The monoisotopic (exact) mass is 423 g/mol. The highest BCUT2D eigenvalue weighted by atomic mass is 32.1. The summed E-state index contributed by atoms with van der Waals surface area (Å²) in [5, 5.41) is 10.2. The number of carbonyl (C=O) groups is 1. The molecule has 30 heavy (non-hydrogen) atoms. The third-order valence-electron chi connectivity index (χ3n) is 5.29. The minimum atomic E-state index is -0.0613. The number of amides is 1. The molecule has 0 spiro atoms. The molecule has 1 aromatic heterocycles. The number of aromatic amines is 1. The second-order valence-electron chi connectivity index (χ2n) is 7.44. The maximum Gasteiger partial charge on any atom is 0.240 e. The van der Waals surface area contributed by atoms with Gasteiger partial charge in [0.1, 0.15) is 12.3 Å². The molecule has 8 heteroatoms. The van der Waals surface area contributed by atoms with Gasteiger partial charge in [-0.15, -0.1) is 0 Å². The zero-order valence-electron chi connectivity index (χ0n) is 16.9. The van der Waals surface area contributed by atoms with Crippen LogP contribution in [0.15, 0.2) is 54.6 Å². The van der Waals surface area contributed by atoms with Gasteiger partial charge in [-0.3, -0.25) is 19.4 Å². The van der Waals surface area contributed by atoms with Crippen LogP contribution >= 0.6 is 12.2 Å². The molecule has 0 bridgehead atoms. The van der Waals surface area contributed by atoms with Crippen molar-refractivity contribution in [1.29, 1.82) is 0 Å². The number of aromatic nitrogens is 3. The fraction of sp³-hybridized carbons (Fsp3) is 0.318. The number of methoxy groups -OCH3 is 1. The molecule has 0 aliphatic carbocycles. The van der Waals surface area contributed by atoms with Crippen molar-refractivity contribution in [2.75, 3.05) is 20.2 Å². The quantitative estimate of drug-likeness (QED) is 0.572. The highest BCUT2D eigenvalue weighted by molar-refractivity contribution is 7.71. The number of rotatable bonds is 7. The largest absolute Gasteiger partial charge is 0.497 e. The SMILES string of the molecule is COc1ccc(-c2n[nH]c(=S)n2CC(=O)NC2CCN(Cc3ccccc3)C2)cc1. The summed E-state index contributed by atoms with van der Waals surface area (Å²) in [6.45, 7) is 2.86. The molecule has 156 valence electrons. The van der Waals surface area contributed by atoms with Crippen LogP contribution < -0.4 is 10.1 Å². The zero-order valence-corrected chi connectivity index (χ0v) is 17.7. The summed E-state index contributed by atoms with van der Waals surface area (Å²) in [5.41, 5.74) is 2.16. The van der Waals surface area contributed by atoms with Crippen molar-refractivity contribution >= 4 is 18.1 Å². The molecule has 1 fully saturated rings. The minimum Gasteiger partial charge on any atom is -0.497 e. The molecule has 2 aromatic carbocycles. The lowest BCUT2D eigenvalue weighted by Crippen LogP contribution is -2.39. The Bertz CT molecular complexity index is 1050. The van der Waals surface area contributed by atoms with Gasteiger partial charge >= 0.3 is 0 Å². The van der Waals surface area contributed by atoms with Gasteiger partial charge in [0, 0.05) is 31.2 Å². The van der Waals surface area contributed by atoms with Gasteiger partial charge in [-0.2, -0.15) is 5.10 Å². The Morgan fingerprint density at radius 2 is 2.00 bits per heavy atom. The molecule has 4 rings (SSSR count). The molecule has 1 atom stereocenters. The van der Waals surface area contributed by atoms with Crippen molar-refractivity contribution in [3.8, 4) is 17.1 Å². The third-order valence-corrected chi connectivity index (χ3v) is 5.61. The topological polar surface area (TPSA) is 75.2 Å². The van der Waals surface area contributed by atoms with Crippen molar-refractivity contribution in [1.82, 2.24) is 25.0 Å². The van der Waals surface area contributed by atoms with E-state index in [0.717, 1.165) is 37.4 Å². The third kappa shape index (κ3) is 4.77. The minimum absolute atomic E-state index is 0.0613. The van der Waals surface area contributed by atoms with E-state index < -0.39 is 0 Å². The smallest absolute Gasteiger partial charge is 0.240 e. The predicted molar refractivity (Wildman–Crippen MR) is 118 cm³/mol. The molecule has 0 radical (unpaired) electrons. The van der Waals surface area contributed by atoms with Crippen molar-refractivity contribution in [2.45, 2.75) is 25.6 Å². The molecule has 1 saturated heterocycles. The van der Waals surface area contributed by atoms with Crippen molar-refractivity contribution in [3.63, 3.8) is 0 Å². The number of nitrogens with one attached hydrogen (secondary N) is 2. The fourth-order valence-electron chi connectivity index (χ4n) is 3.78. The second-order valence-corrected chi connectivity index (χ2v) is 7.83. The van der Waals surface area contributed by atoms with Crippen LogP contribution in [0.5, 0.6) is 5.75 Å². The maximum absolute atomic E-state index is 12.7. The van der Waals surface area contributed by atoms with E-state index in [2.05, 4.69) is 44.7 Å². The normalized spacial score (nSPS) is 16.5. The van der Waals surface area contributed by atoms with E-state index in [0.29, 0.717) is 10.6 Å². The van der Waals surface area contributed by atoms with Crippen molar-refractivity contribution in [3.05, 3.63) is 64.9 Å². The van der Waals surface area contributed by atoms with Crippen LogP contribution in [0, 0.1) is 4.77 Å². The van der Waals surface area contributed by atoms with E-state index in [1.807, 2.05) is 30.3 Å². The van der Waals surface area contributed by atoms with E-state index in [1.165, 1.54) is 5.56 Å².